The highest BCUT2D eigenvalue weighted by Crippen LogP contribution is 2.22. The summed E-state index contributed by atoms with van der Waals surface area (Å²) in [7, 11) is 0. The zero-order valence-corrected chi connectivity index (χ0v) is 14.8. The third-order valence-corrected chi connectivity index (χ3v) is 4.76. The van der Waals surface area contributed by atoms with Crippen LogP contribution in [0.2, 0.25) is 0 Å². The Balaban J connectivity index is 1.72. The lowest BCUT2D eigenvalue weighted by molar-refractivity contribution is 0.102. The average molecular weight is 367 g/mol. The van der Waals surface area contributed by atoms with E-state index in [-0.39, 0.29) is 11.7 Å². The Morgan fingerprint density at radius 1 is 1.19 bits per heavy atom. The number of anilines is 1. The summed E-state index contributed by atoms with van der Waals surface area (Å²) in [5.41, 5.74) is 1.76. The van der Waals surface area contributed by atoms with Gasteiger partial charge < -0.3 is 5.32 Å². The first-order valence-electron chi connectivity index (χ1n) is 7.88. The van der Waals surface area contributed by atoms with Gasteiger partial charge in [-0.05, 0) is 38.1 Å². The van der Waals surface area contributed by atoms with Crippen LogP contribution in [0.4, 0.5) is 10.2 Å². The molecule has 4 aromatic rings. The minimum absolute atomic E-state index is 0.327. The fourth-order valence-electron chi connectivity index (χ4n) is 2.69. The number of carbonyl (C=O) groups is 1. The topological polar surface area (TPSA) is 72.2 Å². The smallest absolute Gasteiger partial charge is 0.276 e. The summed E-state index contributed by atoms with van der Waals surface area (Å²) in [6.07, 6.45) is 1.51. The van der Waals surface area contributed by atoms with E-state index >= 15 is 0 Å². The maximum absolute atomic E-state index is 14.0. The zero-order chi connectivity index (χ0) is 18.3. The first kappa shape index (κ1) is 16.3. The van der Waals surface area contributed by atoms with Gasteiger partial charge in [-0.3, -0.25) is 4.79 Å². The van der Waals surface area contributed by atoms with Crippen molar-refractivity contribution in [3.05, 3.63) is 64.0 Å². The van der Waals surface area contributed by atoms with Crippen LogP contribution in [0.5, 0.6) is 0 Å². The number of aromatic nitrogens is 4. The van der Waals surface area contributed by atoms with Crippen molar-refractivity contribution in [1.29, 1.82) is 0 Å². The molecule has 0 atom stereocenters. The minimum atomic E-state index is -0.362. The van der Waals surface area contributed by atoms with Crippen LogP contribution in [0.15, 0.2) is 42.6 Å². The maximum atomic E-state index is 14.0. The number of thiazole rings is 1. The van der Waals surface area contributed by atoms with Gasteiger partial charge in [-0.25, -0.2) is 14.4 Å². The molecule has 6 nitrogen and oxygen atoms in total. The minimum Gasteiger partial charge on any atom is -0.304 e. The van der Waals surface area contributed by atoms with Gasteiger partial charge in [-0.15, -0.1) is 11.3 Å². The number of carbonyl (C=O) groups excluding carboxylic acids is 1. The Morgan fingerprint density at radius 3 is 2.73 bits per heavy atom. The van der Waals surface area contributed by atoms with Gasteiger partial charge >= 0.3 is 0 Å². The Hall–Kier alpha value is -3.13. The normalized spacial score (nSPS) is 11.0. The fraction of sp³-hybridized carbons (Fsp3) is 0.111. The summed E-state index contributed by atoms with van der Waals surface area (Å²) in [5.74, 6) is -0.293. The second-order valence-corrected chi connectivity index (χ2v) is 7.11. The van der Waals surface area contributed by atoms with Crippen molar-refractivity contribution in [1.82, 2.24) is 19.6 Å². The van der Waals surface area contributed by atoms with Gasteiger partial charge in [-0.1, -0.05) is 12.1 Å². The van der Waals surface area contributed by atoms with Gasteiger partial charge in [0.15, 0.2) is 11.5 Å². The molecule has 26 heavy (non-hydrogen) atoms. The molecule has 0 spiro atoms. The molecule has 3 aromatic heterocycles. The molecule has 0 unspecified atom stereocenters. The number of aryl methyl sites for hydroxylation is 2. The molecule has 8 heteroatoms. The summed E-state index contributed by atoms with van der Waals surface area (Å²) in [4.78, 5) is 21.8. The van der Waals surface area contributed by atoms with Crippen LogP contribution >= 0.6 is 11.3 Å². The number of hydrogen-bond donors (Lipinski definition) is 1. The predicted molar refractivity (Wildman–Crippen MR) is 97.9 cm³/mol. The SMILES string of the molecule is Cc1nc(C(=O)Nc2cnc3ccc(-c4ccccc4F)nn23)c(C)s1. The zero-order valence-electron chi connectivity index (χ0n) is 14.0. The van der Waals surface area contributed by atoms with Gasteiger partial charge in [0.25, 0.3) is 5.91 Å². The molecular formula is C18H14FN5OS. The van der Waals surface area contributed by atoms with Crippen molar-refractivity contribution in [2.24, 2.45) is 0 Å². The van der Waals surface area contributed by atoms with E-state index in [1.54, 1.807) is 30.3 Å². The number of nitrogens with zero attached hydrogens (tertiary/aromatic N) is 4. The first-order valence-corrected chi connectivity index (χ1v) is 8.69. The van der Waals surface area contributed by atoms with Crippen LogP contribution in [0.25, 0.3) is 16.9 Å². The first-order chi connectivity index (χ1) is 12.5. The molecule has 1 aromatic carbocycles. The molecule has 0 radical (unpaired) electrons. The van der Waals surface area contributed by atoms with Crippen molar-refractivity contribution in [3.63, 3.8) is 0 Å². The molecule has 0 bridgehead atoms. The number of nitrogens with one attached hydrogen (secondary N) is 1. The molecule has 130 valence electrons. The van der Waals surface area contributed by atoms with E-state index in [4.69, 9.17) is 0 Å². The van der Waals surface area contributed by atoms with Gasteiger partial charge in [0, 0.05) is 10.4 Å². The van der Waals surface area contributed by atoms with E-state index in [1.165, 1.54) is 28.1 Å². The summed E-state index contributed by atoms with van der Waals surface area (Å²) < 4.78 is 15.5. The molecule has 0 aliphatic carbocycles. The van der Waals surface area contributed by atoms with E-state index in [0.29, 0.717) is 28.4 Å². The fourth-order valence-corrected chi connectivity index (χ4v) is 3.50. The van der Waals surface area contributed by atoms with Crippen molar-refractivity contribution in [2.45, 2.75) is 13.8 Å². The molecule has 0 saturated heterocycles. The quantitative estimate of drug-likeness (QED) is 0.597. The molecule has 0 aliphatic heterocycles. The molecule has 3 heterocycles. The summed E-state index contributed by atoms with van der Waals surface area (Å²) in [6.45, 7) is 3.70. The highest BCUT2D eigenvalue weighted by molar-refractivity contribution is 7.11. The highest BCUT2D eigenvalue weighted by Gasteiger charge is 2.17. The number of amides is 1. The lowest BCUT2D eigenvalue weighted by atomic mass is 10.1. The van der Waals surface area contributed by atoms with E-state index in [2.05, 4.69) is 20.4 Å². The highest BCUT2D eigenvalue weighted by atomic mass is 32.1. The Labute approximate surface area is 152 Å². The van der Waals surface area contributed by atoms with Gasteiger partial charge in [0.2, 0.25) is 0 Å². The Kier molecular flexibility index (Phi) is 3.96. The number of rotatable bonds is 3. The van der Waals surface area contributed by atoms with Crippen molar-refractivity contribution in [2.75, 3.05) is 5.32 Å². The van der Waals surface area contributed by atoms with Crippen molar-refractivity contribution >= 4 is 28.7 Å². The van der Waals surface area contributed by atoms with Gasteiger partial charge in [-0.2, -0.15) is 9.61 Å². The summed E-state index contributed by atoms with van der Waals surface area (Å²) >= 11 is 1.46. The van der Waals surface area contributed by atoms with Gasteiger partial charge in [0.05, 0.1) is 16.9 Å². The average Bonchev–Trinajstić information content (AvgIpc) is 3.17. The lowest BCUT2D eigenvalue weighted by Gasteiger charge is -2.06. The monoisotopic (exact) mass is 367 g/mol. The van der Waals surface area contributed by atoms with E-state index in [0.717, 1.165) is 9.88 Å². The molecule has 1 amide bonds. The molecule has 0 aliphatic rings. The lowest BCUT2D eigenvalue weighted by Crippen LogP contribution is -2.15. The van der Waals surface area contributed by atoms with E-state index < -0.39 is 0 Å². The predicted octanol–water partition coefficient (Wildman–Crippen LogP) is 3.86. The summed E-state index contributed by atoms with van der Waals surface area (Å²) in [6, 6.07) is 9.82. The van der Waals surface area contributed by atoms with Crippen LogP contribution in [-0.4, -0.2) is 25.5 Å². The molecular weight excluding hydrogens is 353 g/mol. The van der Waals surface area contributed by atoms with Crippen molar-refractivity contribution < 1.29 is 9.18 Å². The van der Waals surface area contributed by atoms with Crippen LogP contribution in [-0.2, 0) is 0 Å². The second-order valence-electron chi connectivity index (χ2n) is 5.70. The number of imidazole rings is 1. The van der Waals surface area contributed by atoms with Crippen LogP contribution in [0.1, 0.15) is 20.4 Å². The molecule has 0 fully saturated rings. The Bertz CT molecular complexity index is 1130. The van der Waals surface area contributed by atoms with E-state index in [9.17, 15) is 9.18 Å². The van der Waals surface area contributed by atoms with E-state index in [1.807, 2.05) is 13.8 Å². The molecule has 1 N–H and O–H groups in total. The van der Waals surface area contributed by atoms with Crippen LogP contribution in [0.3, 0.4) is 0 Å². The van der Waals surface area contributed by atoms with Crippen LogP contribution in [0, 0.1) is 19.7 Å². The molecule has 0 saturated carbocycles. The number of hydrogen-bond acceptors (Lipinski definition) is 5. The summed E-state index contributed by atoms with van der Waals surface area (Å²) in [5, 5.41) is 8.03. The third-order valence-electron chi connectivity index (χ3n) is 3.87. The van der Waals surface area contributed by atoms with Crippen LogP contribution < -0.4 is 5.32 Å². The van der Waals surface area contributed by atoms with Gasteiger partial charge in [0.1, 0.15) is 11.5 Å². The maximum Gasteiger partial charge on any atom is 0.276 e. The standard InChI is InChI=1S/C18H14FN5OS/c1-10-17(21-11(2)26-10)18(25)22-16-9-20-15-8-7-14(23-24(15)16)12-5-3-4-6-13(12)19/h3-9H,1-2H3,(H,22,25). The Morgan fingerprint density at radius 2 is 2.00 bits per heavy atom. The number of benzene rings is 1. The number of fused-ring (bicyclic) bond motifs is 1. The second kappa shape index (κ2) is 6.30. The molecule has 4 rings (SSSR count). The van der Waals surface area contributed by atoms with Crippen molar-refractivity contribution in [3.8, 4) is 11.3 Å². The third kappa shape index (κ3) is 2.84. The largest absolute Gasteiger partial charge is 0.304 e. The number of halogens is 1.